The lowest BCUT2D eigenvalue weighted by molar-refractivity contribution is 0.103. The fraction of sp³-hybridized carbons (Fsp3) is 0.571. The minimum atomic E-state index is -0.633. The zero-order chi connectivity index (χ0) is 14.5. The molecule has 0 aliphatic carbocycles. The van der Waals surface area contributed by atoms with Crippen LogP contribution < -0.4 is 14.8 Å². The Morgan fingerprint density at radius 3 is 2.50 bits per heavy atom. The third-order valence-corrected chi connectivity index (χ3v) is 3.80. The van der Waals surface area contributed by atoms with Crippen molar-refractivity contribution in [1.82, 2.24) is 10.2 Å². The molecule has 0 saturated carbocycles. The third-order valence-electron chi connectivity index (χ3n) is 3.50. The van der Waals surface area contributed by atoms with Gasteiger partial charge in [-0.2, -0.15) is 0 Å². The molecule has 2 N–H and O–H groups in total. The maximum atomic E-state index is 10.4. The van der Waals surface area contributed by atoms with E-state index in [0.29, 0.717) is 28.6 Å². The van der Waals surface area contributed by atoms with Crippen molar-refractivity contribution in [3.05, 3.63) is 22.7 Å². The summed E-state index contributed by atoms with van der Waals surface area (Å²) in [6.45, 7) is 4.34. The van der Waals surface area contributed by atoms with Gasteiger partial charge in [-0.3, -0.25) is 4.90 Å². The molecule has 1 unspecified atom stereocenters. The fourth-order valence-electron chi connectivity index (χ4n) is 2.38. The third kappa shape index (κ3) is 3.55. The molecule has 2 rings (SSSR count). The highest BCUT2D eigenvalue weighted by Crippen LogP contribution is 2.35. The predicted molar refractivity (Wildman–Crippen MR) is 78.8 cm³/mol. The topological polar surface area (TPSA) is 54.0 Å². The number of methoxy groups -OCH3 is 2. The number of aliphatic hydroxyl groups is 1. The van der Waals surface area contributed by atoms with Crippen molar-refractivity contribution < 1.29 is 14.6 Å². The summed E-state index contributed by atoms with van der Waals surface area (Å²) in [5.41, 5.74) is 0.692. The number of nitrogens with one attached hydrogen (secondary N) is 1. The minimum Gasteiger partial charge on any atom is -0.496 e. The van der Waals surface area contributed by atoms with Crippen LogP contribution in [-0.4, -0.2) is 56.9 Å². The summed E-state index contributed by atoms with van der Waals surface area (Å²) in [7, 11) is 3.13. The van der Waals surface area contributed by atoms with Gasteiger partial charge >= 0.3 is 0 Å². The highest BCUT2D eigenvalue weighted by molar-refractivity contribution is 6.32. The summed E-state index contributed by atoms with van der Waals surface area (Å²) in [5.74, 6) is 1.13. The van der Waals surface area contributed by atoms with Gasteiger partial charge in [0.1, 0.15) is 11.5 Å². The van der Waals surface area contributed by atoms with Crippen LogP contribution in [0.2, 0.25) is 5.02 Å². The lowest BCUT2D eigenvalue weighted by Crippen LogP contribution is -2.45. The molecule has 6 heteroatoms. The molecule has 0 radical (unpaired) electrons. The first kappa shape index (κ1) is 15.4. The summed E-state index contributed by atoms with van der Waals surface area (Å²) in [6, 6.07) is 3.42. The summed E-state index contributed by atoms with van der Waals surface area (Å²) in [5, 5.41) is 14.2. The van der Waals surface area contributed by atoms with E-state index >= 15 is 0 Å². The molecular weight excluding hydrogens is 280 g/mol. The van der Waals surface area contributed by atoms with Gasteiger partial charge in [-0.15, -0.1) is 0 Å². The molecule has 1 aliphatic rings. The van der Waals surface area contributed by atoms with Gasteiger partial charge in [-0.1, -0.05) is 11.6 Å². The van der Waals surface area contributed by atoms with Crippen LogP contribution in [0.15, 0.2) is 12.1 Å². The first-order valence-corrected chi connectivity index (χ1v) is 7.06. The number of β-amino-alcohol motifs (C(OH)–C–C–N with tert-alkyl or cyclic N) is 1. The maximum Gasteiger partial charge on any atom is 0.141 e. The second-order valence-electron chi connectivity index (χ2n) is 4.80. The van der Waals surface area contributed by atoms with Crippen LogP contribution in [0.5, 0.6) is 11.5 Å². The van der Waals surface area contributed by atoms with E-state index in [1.807, 2.05) is 0 Å². The zero-order valence-electron chi connectivity index (χ0n) is 11.9. The first-order chi connectivity index (χ1) is 9.65. The van der Waals surface area contributed by atoms with Crippen molar-refractivity contribution in [2.75, 3.05) is 46.9 Å². The molecule has 1 fully saturated rings. The number of piperazine rings is 1. The van der Waals surface area contributed by atoms with Gasteiger partial charge in [0, 0.05) is 44.4 Å². The van der Waals surface area contributed by atoms with Gasteiger partial charge in [0.25, 0.3) is 0 Å². The van der Waals surface area contributed by atoms with Crippen molar-refractivity contribution in [2.45, 2.75) is 6.10 Å². The summed E-state index contributed by atoms with van der Waals surface area (Å²) in [4.78, 5) is 2.22. The predicted octanol–water partition coefficient (Wildman–Crippen LogP) is 1.30. The molecule has 0 aromatic heterocycles. The quantitative estimate of drug-likeness (QED) is 0.858. The molecule has 1 heterocycles. The molecule has 1 aliphatic heterocycles. The van der Waals surface area contributed by atoms with Crippen LogP contribution in [0, 0.1) is 0 Å². The van der Waals surface area contributed by atoms with Crippen LogP contribution in [0.3, 0.4) is 0 Å². The summed E-state index contributed by atoms with van der Waals surface area (Å²) < 4.78 is 10.5. The number of aliphatic hydroxyl groups excluding tert-OH is 1. The highest BCUT2D eigenvalue weighted by Gasteiger charge is 2.20. The maximum absolute atomic E-state index is 10.4. The highest BCUT2D eigenvalue weighted by atomic mass is 35.5. The van der Waals surface area contributed by atoms with Crippen LogP contribution >= 0.6 is 11.6 Å². The second-order valence-corrected chi connectivity index (χ2v) is 5.20. The Bertz CT molecular complexity index is 450. The molecular formula is C14H21ClN2O3. The fourth-order valence-corrected chi connectivity index (χ4v) is 2.63. The van der Waals surface area contributed by atoms with E-state index in [2.05, 4.69) is 10.2 Å². The van der Waals surface area contributed by atoms with Gasteiger partial charge in [-0.25, -0.2) is 0 Å². The van der Waals surface area contributed by atoms with Gasteiger partial charge in [0.2, 0.25) is 0 Å². The van der Waals surface area contributed by atoms with E-state index in [1.54, 1.807) is 26.4 Å². The second kappa shape index (κ2) is 7.13. The smallest absolute Gasteiger partial charge is 0.141 e. The van der Waals surface area contributed by atoms with Gasteiger partial charge < -0.3 is 19.9 Å². The van der Waals surface area contributed by atoms with Crippen LogP contribution in [-0.2, 0) is 0 Å². The number of benzene rings is 1. The SMILES string of the molecule is COc1cc(OC)c(C(O)CN2CCNCC2)cc1Cl. The van der Waals surface area contributed by atoms with E-state index in [9.17, 15) is 5.11 Å². The number of nitrogens with zero attached hydrogens (tertiary/aromatic N) is 1. The molecule has 20 heavy (non-hydrogen) atoms. The van der Waals surface area contributed by atoms with E-state index in [1.165, 1.54) is 0 Å². The minimum absolute atomic E-state index is 0.475. The van der Waals surface area contributed by atoms with Gasteiger partial charge in [-0.05, 0) is 6.07 Å². The average Bonchev–Trinajstić information content (AvgIpc) is 2.48. The van der Waals surface area contributed by atoms with E-state index in [0.717, 1.165) is 26.2 Å². The lowest BCUT2D eigenvalue weighted by atomic mass is 10.1. The molecule has 1 aromatic rings. The molecule has 5 nitrogen and oxygen atoms in total. The molecule has 0 spiro atoms. The number of hydrogen-bond donors (Lipinski definition) is 2. The Hall–Kier alpha value is -1.01. The standard InChI is InChI=1S/C14H21ClN2O3/c1-19-13-8-14(20-2)11(15)7-10(13)12(18)9-17-5-3-16-4-6-17/h7-8,12,16,18H,3-6,9H2,1-2H3. The van der Waals surface area contributed by atoms with Gasteiger partial charge in [0.05, 0.1) is 25.3 Å². The Kier molecular flexibility index (Phi) is 5.48. The van der Waals surface area contributed by atoms with Crippen LogP contribution in [0.4, 0.5) is 0 Å². The normalized spacial score (nSPS) is 17.8. The lowest BCUT2D eigenvalue weighted by Gasteiger charge is -2.29. The largest absolute Gasteiger partial charge is 0.496 e. The average molecular weight is 301 g/mol. The summed E-state index contributed by atoms with van der Waals surface area (Å²) in [6.07, 6.45) is -0.633. The number of hydrogen-bond acceptors (Lipinski definition) is 5. The van der Waals surface area contributed by atoms with Crippen molar-refractivity contribution in [1.29, 1.82) is 0 Å². The van der Waals surface area contributed by atoms with Crippen molar-refractivity contribution >= 4 is 11.6 Å². The molecule has 1 atom stereocenters. The number of ether oxygens (including phenoxy) is 2. The van der Waals surface area contributed by atoms with Crippen molar-refractivity contribution in [2.24, 2.45) is 0 Å². The Morgan fingerprint density at radius 1 is 1.25 bits per heavy atom. The van der Waals surface area contributed by atoms with Crippen molar-refractivity contribution in [3.63, 3.8) is 0 Å². The molecule has 0 bridgehead atoms. The Morgan fingerprint density at radius 2 is 1.90 bits per heavy atom. The van der Waals surface area contributed by atoms with E-state index in [4.69, 9.17) is 21.1 Å². The Labute approximate surface area is 124 Å². The van der Waals surface area contributed by atoms with Crippen molar-refractivity contribution in [3.8, 4) is 11.5 Å². The molecule has 1 aromatic carbocycles. The van der Waals surface area contributed by atoms with Crippen LogP contribution in [0.25, 0.3) is 0 Å². The van der Waals surface area contributed by atoms with Gasteiger partial charge in [0.15, 0.2) is 0 Å². The molecule has 1 saturated heterocycles. The monoisotopic (exact) mass is 300 g/mol. The number of rotatable bonds is 5. The Balaban J connectivity index is 2.15. The molecule has 112 valence electrons. The van der Waals surface area contributed by atoms with E-state index < -0.39 is 6.10 Å². The summed E-state index contributed by atoms with van der Waals surface area (Å²) >= 11 is 6.13. The first-order valence-electron chi connectivity index (χ1n) is 6.68. The zero-order valence-corrected chi connectivity index (χ0v) is 12.6. The van der Waals surface area contributed by atoms with Crippen LogP contribution in [0.1, 0.15) is 11.7 Å². The van der Waals surface area contributed by atoms with E-state index in [-0.39, 0.29) is 0 Å². The molecule has 0 amide bonds. The number of halogens is 1.